The summed E-state index contributed by atoms with van der Waals surface area (Å²) >= 11 is 0. The Morgan fingerprint density at radius 3 is 2.27 bits per heavy atom. The van der Waals surface area contributed by atoms with Crippen LogP contribution in [0.4, 0.5) is 4.39 Å². The van der Waals surface area contributed by atoms with E-state index in [1.54, 1.807) is 30.3 Å². The average Bonchev–Trinajstić information content (AvgIpc) is 2.65. The third-order valence-corrected chi connectivity index (χ3v) is 3.56. The van der Waals surface area contributed by atoms with Crippen molar-refractivity contribution in [2.24, 2.45) is 0 Å². The predicted molar refractivity (Wildman–Crippen MR) is 92.5 cm³/mol. The normalized spacial score (nSPS) is 10.1. The molecule has 0 radical (unpaired) electrons. The summed E-state index contributed by atoms with van der Waals surface area (Å²) in [5.41, 5.74) is 1.43. The first-order chi connectivity index (χ1) is 12.5. The number of carbonyl (C=O) groups is 2. The zero-order valence-corrected chi connectivity index (χ0v) is 14.6. The van der Waals surface area contributed by atoms with Crippen LogP contribution in [0.1, 0.15) is 11.1 Å². The largest absolute Gasteiger partial charge is 0.493 e. The van der Waals surface area contributed by atoms with Gasteiger partial charge in [-0.05, 0) is 35.4 Å². The molecule has 0 unspecified atom stereocenters. The fourth-order valence-corrected chi connectivity index (χ4v) is 2.21. The van der Waals surface area contributed by atoms with Crippen LogP contribution >= 0.6 is 0 Å². The smallest absolute Gasteiger partial charge is 0.310 e. The van der Waals surface area contributed by atoms with Crippen LogP contribution in [0.15, 0.2) is 42.5 Å². The zero-order chi connectivity index (χ0) is 18.9. The number of halogens is 1. The van der Waals surface area contributed by atoms with E-state index in [-0.39, 0.29) is 25.4 Å². The molecule has 0 atom stereocenters. The SMILES string of the molecule is COc1ccc(CC(=O)OCC(=O)NCc2ccc(F)cc2)cc1OC. The van der Waals surface area contributed by atoms with Gasteiger partial charge in [0.25, 0.3) is 5.91 Å². The van der Waals surface area contributed by atoms with Crippen molar-refractivity contribution in [3.63, 3.8) is 0 Å². The average molecular weight is 361 g/mol. The molecule has 0 aliphatic heterocycles. The monoisotopic (exact) mass is 361 g/mol. The summed E-state index contributed by atoms with van der Waals surface area (Å²) in [4.78, 5) is 23.6. The molecule has 2 aromatic rings. The third kappa shape index (κ3) is 5.77. The Kier molecular flexibility index (Phi) is 6.96. The molecule has 0 aliphatic rings. The summed E-state index contributed by atoms with van der Waals surface area (Å²) < 4.78 is 28.1. The fraction of sp³-hybridized carbons (Fsp3) is 0.263. The van der Waals surface area contributed by atoms with Crippen molar-refractivity contribution >= 4 is 11.9 Å². The molecule has 0 heterocycles. The van der Waals surface area contributed by atoms with Gasteiger partial charge in [-0.25, -0.2) is 4.39 Å². The molecule has 0 bridgehead atoms. The molecule has 0 spiro atoms. The highest BCUT2D eigenvalue weighted by molar-refractivity contribution is 5.81. The van der Waals surface area contributed by atoms with Gasteiger partial charge in [0.15, 0.2) is 18.1 Å². The van der Waals surface area contributed by atoms with Gasteiger partial charge in [0.2, 0.25) is 0 Å². The van der Waals surface area contributed by atoms with Gasteiger partial charge in [-0.2, -0.15) is 0 Å². The minimum absolute atomic E-state index is 0.00555. The number of hydrogen-bond acceptors (Lipinski definition) is 5. The number of esters is 1. The summed E-state index contributed by atoms with van der Waals surface area (Å²) in [6, 6.07) is 10.8. The molecule has 138 valence electrons. The van der Waals surface area contributed by atoms with Gasteiger partial charge in [-0.3, -0.25) is 9.59 Å². The Bertz CT molecular complexity index is 761. The quantitative estimate of drug-likeness (QED) is 0.730. The van der Waals surface area contributed by atoms with E-state index in [2.05, 4.69) is 5.32 Å². The Hall–Kier alpha value is -3.09. The van der Waals surface area contributed by atoms with Gasteiger partial charge in [-0.15, -0.1) is 0 Å². The first-order valence-electron chi connectivity index (χ1n) is 7.89. The second-order valence-electron chi connectivity index (χ2n) is 5.43. The standard InChI is InChI=1S/C19H20FNO5/c1-24-16-8-5-14(9-17(16)25-2)10-19(23)26-12-18(22)21-11-13-3-6-15(20)7-4-13/h3-9H,10-12H2,1-2H3,(H,21,22). The van der Waals surface area contributed by atoms with Gasteiger partial charge in [0, 0.05) is 6.54 Å². The van der Waals surface area contributed by atoms with E-state index in [1.807, 2.05) is 0 Å². The van der Waals surface area contributed by atoms with Crippen LogP contribution in [0.25, 0.3) is 0 Å². The second kappa shape index (κ2) is 9.41. The number of hydrogen-bond donors (Lipinski definition) is 1. The van der Waals surface area contributed by atoms with Crippen LogP contribution in [0.2, 0.25) is 0 Å². The summed E-state index contributed by atoms with van der Waals surface area (Å²) in [6.07, 6.45) is 0.00555. The van der Waals surface area contributed by atoms with Crippen LogP contribution in [0, 0.1) is 5.82 Å². The van der Waals surface area contributed by atoms with Gasteiger partial charge in [-0.1, -0.05) is 18.2 Å². The minimum Gasteiger partial charge on any atom is -0.493 e. The maximum absolute atomic E-state index is 12.8. The highest BCUT2D eigenvalue weighted by Gasteiger charge is 2.11. The first-order valence-corrected chi connectivity index (χ1v) is 7.89. The Morgan fingerprint density at radius 1 is 0.962 bits per heavy atom. The lowest BCUT2D eigenvalue weighted by Crippen LogP contribution is -2.28. The predicted octanol–water partition coefficient (Wildman–Crippen LogP) is 2.25. The fourth-order valence-electron chi connectivity index (χ4n) is 2.21. The van der Waals surface area contributed by atoms with E-state index in [0.717, 1.165) is 5.56 Å². The number of nitrogens with one attached hydrogen (secondary N) is 1. The highest BCUT2D eigenvalue weighted by Crippen LogP contribution is 2.27. The molecule has 26 heavy (non-hydrogen) atoms. The number of ether oxygens (including phenoxy) is 3. The maximum atomic E-state index is 12.8. The summed E-state index contributed by atoms with van der Waals surface area (Å²) in [6.45, 7) is -0.153. The van der Waals surface area contributed by atoms with E-state index in [4.69, 9.17) is 14.2 Å². The van der Waals surface area contributed by atoms with Gasteiger partial charge in [0.05, 0.1) is 20.6 Å². The zero-order valence-electron chi connectivity index (χ0n) is 14.6. The molecular formula is C19H20FNO5. The number of amides is 1. The molecule has 1 N–H and O–H groups in total. The van der Waals surface area contributed by atoms with Crippen molar-refractivity contribution in [1.29, 1.82) is 0 Å². The van der Waals surface area contributed by atoms with E-state index in [1.165, 1.54) is 26.4 Å². The van der Waals surface area contributed by atoms with Crippen LogP contribution in [0.5, 0.6) is 11.5 Å². The lowest BCUT2D eigenvalue weighted by atomic mass is 10.1. The molecule has 2 rings (SSSR count). The Labute approximate surface area is 150 Å². The van der Waals surface area contributed by atoms with Crippen LogP contribution < -0.4 is 14.8 Å². The molecule has 0 fully saturated rings. The summed E-state index contributed by atoms with van der Waals surface area (Å²) in [5, 5.41) is 2.60. The van der Waals surface area contributed by atoms with Crippen molar-refractivity contribution in [2.45, 2.75) is 13.0 Å². The molecule has 1 amide bonds. The lowest BCUT2D eigenvalue weighted by molar-refractivity contribution is -0.147. The topological polar surface area (TPSA) is 73.9 Å². The van der Waals surface area contributed by atoms with Crippen molar-refractivity contribution in [2.75, 3.05) is 20.8 Å². The van der Waals surface area contributed by atoms with Gasteiger partial charge in [0.1, 0.15) is 5.82 Å². The molecular weight excluding hydrogens is 341 g/mol. The number of benzene rings is 2. The number of rotatable bonds is 8. The minimum atomic E-state index is -0.533. The summed E-state index contributed by atoms with van der Waals surface area (Å²) in [7, 11) is 3.03. The van der Waals surface area contributed by atoms with Crippen LogP contribution in [0.3, 0.4) is 0 Å². The third-order valence-electron chi connectivity index (χ3n) is 3.56. The molecule has 0 aliphatic carbocycles. The van der Waals surface area contributed by atoms with Crippen LogP contribution in [-0.4, -0.2) is 32.7 Å². The van der Waals surface area contributed by atoms with Gasteiger partial charge < -0.3 is 19.5 Å². The van der Waals surface area contributed by atoms with Gasteiger partial charge >= 0.3 is 5.97 Å². The molecule has 6 nitrogen and oxygen atoms in total. The van der Waals surface area contributed by atoms with E-state index in [9.17, 15) is 14.0 Å². The molecule has 0 aromatic heterocycles. The maximum Gasteiger partial charge on any atom is 0.310 e. The highest BCUT2D eigenvalue weighted by atomic mass is 19.1. The van der Waals surface area contributed by atoms with E-state index in [0.29, 0.717) is 17.1 Å². The first kappa shape index (κ1) is 19.2. The van der Waals surface area contributed by atoms with E-state index >= 15 is 0 Å². The molecule has 7 heteroatoms. The molecule has 0 saturated heterocycles. The number of methoxy groups -OCH3 is 2. The lowest BCUT2D eigenvalue weighted by Gasteiger charge is -2.10. The van der Waals surface area contributed by atoms with Crippen molar-refractivity contribution in [3.05, 3.63) is 59.4 Å². The summed E-state index contributed by atoms with van der Waals surface area (Å²) in [5.74, 6) is -0.243. The Balaban J connectivity index is 1.77. The molecule has 2 aromatic carbocycles. The second-order valence-corrected chi connectivity index (χ2v) is 5.43. The van der Waals surface area contributed by atoms with Crippen molar-refractivity contribution in [3.8, 4) is 11.5 Å². The van der Waals surface area contributed by atoms with Crippen LogP contribution in [-0.2, 0) is 27.3 Å². The van der Waals surface area contributed by atoms with E-state index < -0.39 is 11.9 Å². The number of carbonyl (C=O) groups excluding carboxylic acids is 2. The Morgan fingerprint density at radius 2 is 1.62 bits per heavy atom. The van der Waals surface area contributed by atoms with Crippen molar-refractivity contribution < 1.29 is 28.2 Å². The molecule has 0 saturated carbocycles. The van der Waals surface area contributed by atoms with Crippen molar-refractivity contribution in [1.82, 2.24) is 5.32 Å².